The molecule has 0 saturated heterocycles. The van der Waals surface area contributed by atoms with Crippen LogP contribution in [0.15, 0.2) is 91.0 Å². The number of carbonyl (C=O) groups is 3. The molecule has 0 bridgehead atoms. The van der Waals surface area contributed by atoms with Crippen LogP contribution in [0.1, 0.15) is 42.2 Å². The van der Waals surface area contributed by atoms with Gasteiger partial charge in [0.05, 0.1) is 5.69 Å². The number of benzene rings is 4. The Morgan fingerprint density at radius 1 is 0.750 bits per heavy atom. The minimum atomic E-state index is -0.388. The van der Waals surface area contributed by atoms with Crippen molar-refractivity contribution in [2.75, 3.05) is 4.90 Å². The summed E-state index contributed by atoms with van der Waals surface area (Å²) in [5.74, 6) is -0.957. The maximum Gasteiger partial charge on any atom is 0.265 e. The van der Waals surface area contributed by atoms with Crippen LogP contribution < -0.4 is 4.90 Å². The van der Waals surface area contributed by atoms with E-state index in [1.165, 1.54) is 11.0 Å². The van der Waals surface area contributed by atoms with Crippen molar-refractivity contribution in [3.05, 3.63) is 119 Å². The lowest BCUT2D eigenvalue weighted by Crippen LogP contribution is -2.40. The molecule has 1 heterocycles. The van der Waals surface area contributed by atoms with E-state index in [2.05, 4.69) is 0 Å². The molecule has 32 heavy (non-hydrogen) atoms. The van der Waals surface area contributed by atoms with Crippen LogP contribution in [0.2, 0.25) is 0 Å². The third-order valence-corrected chi connectivity index (χ3v) is 5.69. The zero-order valence-corrected chi connectivity index (χ0v) is 17.4. The van der Waals surface area contributed by atoms with Gasteiger partial charge >= 0.3 is 0 Å². The molecule has 0 radical (unpaired) electrons. The Labute approximate surface area is 185 Å². The minimum absolute atomic E-state index is 0.182. The zero-order chi connectivity index (χ0) is 22.2. The van der Waals surface area contributed by atoms with Gasteiger partial charge in [0.25, 0.3) is 11.8 Å². The van der Waals surface area contributed by atoms with Crippen LogP contribution in [0.25, 0.3) is 16.8 Å². The number of imide groups is 1. The van der Waals surface area contributed by atoms with Crippen molar-refractivity contribution < 1.29 is 14.4 Å². The van der Waals surface area contributed by atoms with E-state index >= 15 is 0 Å². The number of carbonyl (C=O) groups excluding carboxylic acids is 3. The van der Waals surface area contributed by atoms with Crippen molar-refractivity contribution in [2.45, 2.75) is 6.92 Å². The molecule has 1 aliphatic heterocycles. The molecule has 0 N–H and O–H groups in total. The number of amides is 2. The molecule has 0 atom stereocenters. The summed E-state index contributed by atoms with van der Waals surface area (Å²) >= 11 is 0. The van der Waals surface area contributed by atoms with Gasteiger partial charge in [-0.3, -0.25) is 14.4 Å². The molecule has 0 saturated carbocycles. The van der Waals surface area contributed by atoms with Crippen molar-refractivity contribution in [3.63, 3.8) is 0 Å². The van der Waals surface area contributed by atoms with Crippen LogP contribution in [0.4, 0.5) is 5.69 Å². The summed E-state index contributed by atoms with van der Waals surface area (Å²) in [7, 11) is 0. The second kappa shape index (κ2) is 7.75. The van der Waals surface area contributed by atoms with Gasteiger partial charge in [0.2, 0.25) is 0 Å². The van der Waals surface area contributed by atoms with Crippen LogP contribution in [0, 0.1) is 6.92 Å². The SMILES string of the molecule is Cc1ccc(N2C(=O)c3cccc4c(C(=O)/C=C/c5ccccc5)ccc(c34)C2=O)cc1. The van der Waals surface area contributed by atoms with E-state index in [0.717, 1.165) is 11.1 Å². The van der Waals surface area contributed by atoms with Crippen LogP contribution in [-0.4, -0.2) is 17.6 Å². The quantitative estimate of drug-likeness (QED) is 0.238. The second-order valence-electron chi connectivity index (χ2n) is 7.78. The van der Waals surface area contributed by atoms with E-state index in [-0.39, 0.29) is 17.6 Å². The number of nitrogens with zero attached hydrogens (tertiary/aromatic N) is 1. The molecule has 0 aliphatic carbocycles. The van der Waals surface area contributed by atoms with Gasteiger partial charge in [-0.05, 0) is 54.3 Å². The Balaban J connectivity index is 1.60. The van der Waals surface area contributed by atoms with E-state index in [1.807, 2.05) is 49.4 Å². The van der Waals surface area contributed by atoms with Gasteiger partial charge in [-0.2, -0.15) is 0 Å². The summed E-state index contributed by atoms with van der Waals surface area (Å²) in [4.78, 5) is 40.8. The molecule has 2 amide bonds. The van der Waals surface area contributed by atoms with Gasteiger partial charge in [0.1, 0.15) is 0 Å². The number of allylic oxidation sites excluding steroid dienone is 1. The summed E-state index contributed by atoms with van der Waals surface area (Å²) in [5, 5.41) is 1.14. The highest BCUT2D eigenvalue weighted by atomic mass is 16.2. The van der Waals surface area contributed by atoms with E-state index in [4.69, 9.17) is 0 Å². The molecule has 4 heteroatoms. The lowest BCUT2D eigenvalue weighted by Gasteiger charge is -2.27. The smallest absolute Gasteiger partial charge is 0.265 e. The molecule has 0 fully saturated rings. The van der Waals surface area contributed by atoms with Crippen LogP contribution in [0.3, 0.4) is 0 Å². The Hall–Kier alpha value is -4.31. The highest BCUT2D eigenvalue weighted by molar-refractivity contribution is 6.37. The maximum atomic E-state index is 13.3. The first-order chi connectivity index (χ1) is 15.5. The molecular weight excluding hydrogens is 398 g/mol. The molecule has 4 aromatic carbocycles. The highest BCUT2D eigenvalue weighted by Gasteiger charge is 2.34. The molecule has 154 valence electrons. The van der Waals surface area contributed by atoms with Gasteiger partial charge in [-0.15, -0.1) is 0 Å². The Kier molecular flexibility index (Phi) is 4.75. The van der Waals surface area contributed by atoms with Crippen molar-refractivity contribution >= 4 is 40.1 Å². The lowest BCUT2D eigenvalue weighted by atomic mass is 9.89. The van der Waals surface area contributed by atoms with Gasteiger partial charge in [-0.1, -0.05) is 66.2 Å². The minimum Gasteiger partial charge on any atom is -0.289 e. The Bertz CT molecular complexity index is 1390. The number of aryl methyl sites for hydroxylation is 1. The van der Waals surface area contributed by atoms with Gasteiger partial charge in [-0.25, -0.2) is 4.90 Å². The standard InChI is InChI=1S/C28H19NO3/c1-18-10-13-20(14-11-18)29-27(31)23-9-5-8-22-21(15-16-24(26(22)23)28(29)32)25(30)17-12-19-6-3-2-4-7-19/h2-17H,1H3/b17-12+. The first-order valence-corrected chi connectivity index (χ1v) is 10.3. The fourth-order valence-electron chi connectivity index (χ4n) is 4.07. The fourth-order valence-corrected chi connectivity index (χ4v) is 4.07. The number of anilines is 1. The second-order valence-corrected chi connectivity index (χ2v) is 7.78. The average molecular weight is 417 g/mol. The molecule has 4 nitrogen and oxygen atoms in total. The summed E-state index contributed by atoms with van der Waals surface area (Å²) in [5.41, 5.74) is 3.78. The van der Waals surface area contributed by atoms with Crippen molar-refractivity contribution in [3.8, 4) is 0 Å². The third-order valence-electron chi connectivity index (χ3n) is 5.69. The fraction of sp³-hybridized carbons (Fsp3) is 0.0357. The summed E-state index contributed by atoms with van der Waals surface area (Å²) < 4.78 is 0. The third kappa shape index (κ3) is 3.22. The summed E-state index contributed by atoms with van der Waals surface area (Å²) in [6.07, 6.45) is 3.28. The molecule has 1 aliphatic rings. The largest absolute Gasteiger partial charge is 0.289 e. The zero-order valence-electron chi connectivity index (χ0n) is 17.4. The van der Waals surface area contributed by atoms with E-state index < -0.39 is 0 Å². The lowest BCUT2D eigenvalue weighted by molar-refractivity contribution is 0.0892. The first kappa shape index (κ1) is 19.6. The summed E-state index contributed by atoms with van der Waals surface area (Å²) in [6, 6.07) is 25.4. The Morgan fingerprint density at radius 3 is 2.16 bits per heavy atom. The van der Waals surface area contributed by atoms with Gasteiger partial charge < -0.3 is 0 Å². The van der Waals surface area contributed by atoms with Gasteiger partial charge in [0, 0.05) is 22.1 Å². The van der Waals surface area contributed by atoms with Crippen LogP contribution in [-0.2, 0) is 0 Å². The predicted molar refractivity (Wildman–Crippen MR) is 126 cm³/mol. The Morgan fingerprint density at radius 2 is 1.44 bits per heavy atom. The maximum absolute atomic E-state index is 13.3. The number of ketones is 1. The topological polar surface area (TPSA) is 54.5 Å². The molecule has 5 rings (SSSR count). The summed E-state index contributed by atoms with van der Waals surface area (Å²) in [6.45, 7) is 1.95. The molecular formula is C28H19NO3. The molecule has 4 aromatic rings. The molecule has 0 aromatic heterocycles. The van der Waals surface area contributed by atoms with E-state index in [1.54, 1.807) is 48.5 Å². The van der Waals surface area contributed by atoms with Crippen molar-refractivity contribution in [1.29, 1.82) is 0 Å². The van der Waals surface area contributed by atoms with E-state index in [0.29, 0.717) is 33.2 Å². The average Bonchev–Trinajstić information content (AvgIpc) is 2.82. The number of hydrogen-bond acceptors (Lipinski definition) is 3. The highest BCUT2D eigenvalue weighted by Crippen LogP contribution is 2.34. The van der Waals surface area contributed by atoms with Crippen molar-refractivity contribution in [2.24, 2.45) is 0 Å². The number of hydrogen-bond donors (Lipinski definition) is 0. The first-order valence-electron chi connectivity index (χ1n) is 10.3. The monoisotopic (exact) mass is 417 g/mol. The van der Waals surface area contributed by atoms with Gasteiger partial charge in [0.15, 0.2) is 5.78 Å². The predicted octanol–water partition coefficient (Wildman–Crippen LogP) is 5.84. The van der Waals surface area contributed by atoms with E-state index in [9.17, 15) is 14.4 Å². The number of rotatable bonds is 4. The molecule has 0 unspecified atom stereocenters. The van der Waals surface area contributed by atoms with Crippen LogP contribution in [0.5, 0.6) is 0 Å². The normalized spacial score (nSPS) is 13.2. The molecule has 0 spiro atoms. The van der Waals surface area contributed by atoms with Crippen LogP contribution >= 0.6 is 0 Å². The van der Waals surface area contributed by atoms with Crippen molar-refractivity contribution in [1.82, 2.24) is 0 Å².